The number of Topliss-reactive ketones (excluding diaryl/α,β-unsaturated/α-hetero) is 1. The summed E-state index contributed by atoms with van der Waals surface area (Å²) in [7, 11) is 0. The predicted molar refractivity (Wildman–Crippen MR) is 133 cm³/mol. The summed E-state index contributed by atoms with van der Waals surface area (Å²) < 4.78 is 0. The SMILES string of the molecule is CC(C)[C@@H](C)/C=C/[C@@H](C)[C@H]1CC[C@@H]([C@@H]2C[C@@H](O)[C@H]3[C@H](O)[C@H](O)[C@H](O)C[C@]3(CO)C2=O)[C@]1(C)CCO. The molecule has 0 heterocycles. The van der Waals surface area contributed by atoms with Crippen molar-refractivity contribution >= 4 is 5.78 Å². The van der Waals surface area contributed by atoms with E-state index in [4.69, 9.17) is 0 Å². The largest absolute Gasteiger partial charge is 0.396 e. The number of rotatable bonds is 8. The molecule has 3 rings (SSSR count). The van der Waals surface area contributed by atoms with E-state index >= 15 is 0 Å². The fourth-order valence-electron chi connectivity index (χ4n) is 7.87. The van der Waals surface area contributed by atoms with Crippen molar-refractivity contribution in [1.29, 1.82) is 0 Å². The van der Waals surface area contributed by atoms with E-state index in [1.807, 2.05) is 0 Å². The lowest BCUT2D eigenvalue weighted by molar-refractivity contribution is -0.216. The van der Waals surface area contributed by atoms with Gasteiger partial charge in [-0.25, -0.2) is 0 Å². The van der Waals surface area contributed by atoms with Crippen LogP contribution in [0.2, 0.25) is 0 Å². The van der Waals surface area contributed by atoms with Gasteiger partial charge >= 0.3 is 0 Å². The molecule has 0 saturated heterocycles. The summed E-state index contributed by atoms with van der Waals surface area (Å²) in [5.41, 5.74) is -1.83. The van der Waals surface area contributed by atoms with Crippen LogP contribution in [0.25, 0.3) is 0 Å². The van der Waals surface area contributed by atoms with Crippen LogP contribution in [0.3, 0.4) is 0 Å². The Hall–Kier alpha value is -0.830. The minimum Gasteiger partial charge on any atom is -0.396 e. The minimum atomic E-state index is -1.49. The van der Waals surface area contributed by atoms with Gasteiger partial charge in [0.25, 0.3) is 0 Å². The van der Waals surface area contributed by atoms with Crippen molar-refractivity contribution in [2.24, 2.45) is 52.3 Å². The van der Waals surface area contributed by atoms with Crippen LogP contribution in [0.5, 0.6) is 0 Å². The molecule has 0 spiro atoms. The third kappa shape index (κ3) is 4.89. The molecule has 3 aliphatic rings. The summed E-state index contributed by atoms with van der Waals surface area (Å²) in [6, 6.07) is 0. The summed E-state index contributed by atoms with van der Waals surface area (Å²) in [6.07, 6.45) is 1.35. The van der Waals surface area contributed by atoms with Gasteiger partial charge in [0.05, 0.1) is 30.3 Å². The van der Waals surface area contributed by atoms with Gasteiger partial charge in [-0.3, -0.25) is 4.79 Å². The standard InChI is InChI=1S/C28H48O7/c1-15(2)16(3)6-7-17(4)19-8-9-20(27(19,5)10-11-29)18-12-21(31)23-25(34)24(33)22(32)13-28(23,14-30)26(18)35/h6-7,15-25,29-34H,8-14H2,1-5H3/b7-6+/t16-,17+,18-,19+,20-,21+,22+,23-,24+,25-,27+,28+/m0/s1. The van der Waals surface area contributed by atoms with Gasteiger partial charge in [0, 0.05) is 18.4 Å². The van der Waals surface area contributed by atoms with E-state index in [1.165, 1.54) is 0 Å². The number of hydrogen-bond acceptors (Lipinski definition) is 7. The molecule has 12 atom stereocenters. The molecule has 7 heteroatoms. The number of fused-ring (bicyclic) bond motifs is 1. The Balaban J connectivity index is 1.93. The van der Waals surface area contributed by atoms with Crippen LogP contribution >= 0.6 is 0 Å². The Kier molecular flexibility index (Phi) is 8.93. The Morgan fingerprint density at radius 1 is 0.971 bits per heavy atom. The van der Waals surface area contributed by atoms with Crippen molar-refractivity contribution in [2.75, 3.05) is 13.2 Å². The molecule has 6 N–H and O–H groups in total. The fourth-order valence-corrected chi connectivity index (χ4v) is 7.87. The van der Waals surface area contributed by atoms with Gasteiger partial charge in [-0.1, -0.05) is 46.8 Å². The summed E-state index contributed by atoms with van der Waals surface area (Å²) in [6.45, 7) is 10.4. The zero-order valence-corrected chi connectivity index (χ0v) is 22.0. The topological polar surface area (TPSA) is 138 Å². The van der Waals surface area contributed by atoms with E-state index in [0.717, 1.165) is 12.8 Å². The predicted octanol–water partition coefficient (Wildman–Crippen LogP) is 1.92. The molecule has 0 bridgehead atoms. The van der Waals surface area contributed by atoms with Crippen LogP contribution < -0.4 is 0 Å². The molecule has 7 nitrogen and oxygen atoms in total. The lowest BCUT2D eigenvalue weighted by Gasteiger charge is -2.56. The molecule has 0 aromatic rings. The van der Waals surface area contributed by atoms with E-state index in [2.05, 4.69) is 46.8 Å². The minimum absolute atomic E-state index is 0.00316. The van der Waals surface area contributed by atoms with Gasteiger partial charge in [0.2, 0.25) is 0 Å². The van der Waals surface area contributed by atoms with Gasteiger partial charge < -0.3 is 30.6 Å². The first-order valence-corrected chi connectivity index (χ1v) is 13.5. The summed E-state index contributed by atoms with van der Waals surface area (Å²) >= 11 is 0. The van der Waals surface area contributed by atoms with E-state index in [0.29, 0.717) is 18.3 Å². The molecule has 3 saturated carbocycles. The highest BCUT2D eigenvalue weighted by molar-refractivity contribution is 5.89. The van der Waals surface area contributed by atoms with Crippen molar-refractivity contribution in [3.63, 3.8) is 0 Å². The van der Waals surface area contributed by atoms with E-state index in [1.54, 1.807) is 0 Å². The highest BCUT2D eigenvalue weighted by Crippen LogP contribution is 2.60. The maximum absolute atomic E-state index is 14.1. The van der Waals surface area contributed by atoms with E-state index in [-0.39, 0.29) is 48.4 Å². The zero-order chi connectivity index (χ0) is 26.3. The monoisotopic (exact) mass is 496 g/mol. The second-order valence-corrected chi connectivity index (χ2v) is 12.5. The fraction of sp³-hybridized carbons (Fsp3) is 0.893. The average Bonchev–Trinajstić information content (AvgIpc) is 3.14. The molecule has 0 aromatic heterocycles. The first kappa shape index (κ1) is 28.7. The van der Waals surface area contributed by atoms with Crippen LogP contribution in [0.1, 0.15) is 66.7 Å². The molecule has 0 aliphatic heterocycles. The number of hydrogen-bond donors (Lipinski definition) is 6. The molecular formula is C28H48O7. The van der Waals surface area contributed by atoms with Crippen molar-refractivity contribution < 1.29 is 35.4 Å². The Morgan fingerprint density at radius 3 is 2.20 bits per heavy atom. The van der Waals surface area contributed by atoms with Crippen LogP contribution in [0.15, 0.2) is 12.2 Å². The third-order valence-electron chi connectivity index (χ3n) is 10.4. The van der Waals surface area contributed by atoms with E-state index < -0.39 is 48.3 Å². The van der Waals surface area contributed by atoms with Crippen molar-refractivity contribution in [2.45, 2.75) is 91.1 Å². The number of aliphatic hydroxyl groups excluding tert-OH is 6. The average molecular weight is 497 g/mol. The maximum atomic E-state index is 14.1. The maximum Gasteiger partial charge on any atom is 0.145 e. The molecule has 3 fully saturated rings. The van der Waals surface area contributed by atoms with E-state index in [9.17, 15) is 35.4 Å². The van der Waals surface area contributed by atoms with Crippen molar-refractivity contribution in [3.8, 4) is 0 Å². The van der Waals surface area contributed by atoms with Crippen LogP contribution in [-0.4, -0.2) is 74.1 Å². The van der Waals surface area contributed by atoms with Gasteiger partial charge in [0.1, 0.15) is 11.9 Å². The Labute approximate surface area is 210 Å². The van der Waals surface area contributed by atoms with Crippen LogP contribution in [-0.2, 0) is 4.79 Å². The first-order chi connectivity index (χ1) is 16.4. The third-order valence-corrected chi connectivity index (χ3v) is 10.4. The van der Waals surface area contributed by atoms with Gasteiger partial charge in [-0.15, -0.1) is 0 Å². The highest BCUT2D eigenvalue weighted by atomic mass is 16.4. The highest BCUT2D eigenvalue weighted by Gasteiger charge is 2.65. The number of carbonyl (C=O) groups is 1. The van der Waals surface area contributed by atoms with Crippen LogP contribution in [0.4, 0.5) is 0 Å². The van der Waals surface area contributed by atoms with Crippen molar-refractivity contribution in [3.05, 3.63) is 12.2 Å². The lowest BCUT2D eigenvalue weighted by Crippen LogP contribution is -2.67. The number of allylic oxidation sites excluding steroid dienone is 2. The number of ketones is 1. The number of carbonyl (C=O) groups excluding carboxylic acids is 1. The zero-order valence-electron chi connectivity index (χ0n) is 22.0. The smallest absolute Gasteiger partial charge is 0.145 e. The molecule has 35 heavy (non-hydrogen) atoms. The van der Waals surface area contributed by atoms with Gasteiger partial charge in [-0.2, -0.15) is 0 Å². The summed E-state index contributed by atoms with van der Waals surface area (Å²) in [5, 5.41) is 62.8. The second kappa shape index (κ2) is 10.9. The lowest BCUT2D eigenvalue weighted by atomic mass is 9.50. The van der Waals surface area contributed by atoms with Gasteiger partial charge in [0.15, 0.2) is 0 Å². The van der Waals surface area contributed by atoms with Crippen molar-refractivity contribution in [1.82, 2.24) is 0 Å². The first-order valence-electron chi connectivity index (χ1n) is 13.5. The van der Waals surface area contributed by atoms with Crippen LogP contribution in [0, 0.1) is 52.3 Å². The molecule has 3 aliphatic carbocycles. The van der Waals surface area contributed by atoms with Gasteiger partial charge in [-0.05, 0) is 67.1 Å². The molecule has 0 amide bonds. The second-order valence-electron chi connectivity index (χ2n) is 12.5. The molecule has 202 valence electrons. The molecule has 0 radical (unpaired) electrons. The molecule has 0 unspecified atom stereocenters. The summed E-state index contributed by atoms with van der Waals surface area (Å²) in [4.78, 5) is 14.1. The quantitative estimate of drug-likeness (QED) is 0.282. The molecule has 0 aromatic carbocycles. The molecular weight excluding hydrogens is 448 g/mol. The Bertz CT molecular complexity index is 768. The Morgan fingerprint density at radius 2 is 1.63 bits per heavy atom. The number of aliphatic hydroxyl groups is 6. The summed E-state index contributed by atoms with van der Waals surface area (Å²) in [5.74, 6) is -0.373. The normalized spacial score (nSPS) is 46.2.